The molecule has 1 aromatic heterocycles. The number of thiophene rings is 1. The molecule has 2 rings (SSSR count). The number of hydrogen-bond donors (Lipinski definition) is 1. The number of piperazine rings is 1. The second kappa shape index (κ2) is 9.59. The molecule has 0 saturated carbocycles. The van der Waals surface area contributed by atoms with Crippen LogP contribution in [0.3, 0.4) is 0 Å². The van der Waals surface area contributed by atoms with Crippen LogP contribution in [0.2, 0.25) is 0 Å². The Labute approximate surface area is 174 Å². The van der Waals surface area contributed by atoms with E-state index in [0.717, 1.165) is 12.5 Å². The third-order valence-electron chi connectivity index (χ3n) is 4.72. The Balaban J connectivity index is 0.00000338. The highest BCUT2D eigenvalue weighted by atomic mass is 127. The van der Waals surface area contributed by atoms with Gasteiger partial charge in [-0.2, -0.15) is 13.2 Å². The van der Waals surface area contributed by atoms with Crippen molar-refractivity contribution in [3.8, 4) is 0 Å². The molecule has 1 N–H and O–H groups in total. The molecule has 9 heteroatoms. The van der Waals surface area contributed by atoms with Gasteiger partial charge in [-0.25, -0.2) is 0 Å². The summed E-state index contributed by atoms with van der Waals surface area (Å²) in [7, 11) is 1.71. The first-order valence-corrected chi connectivity index (χ1v) is 9.33. The Morgan fingerprint density at radius 3 is 2.35 bits per heavy atom. The highest BCUT2D eigenvalue weighted by molar-refractivity contribution is 14.0. The van der Waals surface area contributed by atoms with Crippen molar-refractivity contribution in [2.24, 2.45) is 4.99 Å². The lowest BCUT2D eigenvalue weighted by Gasteiger charge is -2.40. The first-order chi connectivity index (χ1) is 11.6. The third kappa shape index (κ3) is 5.98. The van der Waals surface area contributed by atoms with Crippen molar-refractivity contribution in [3.05, 3.63) is 22.4 Å². The zero-order valence-electron chi connectivity index (χ0n) is 15.6. The van der Waals surface area contributed by atoms with E-state index in [9.17, 15) is 13.2 Å². The number of nitrogens with zero attached hydrogens (tertiary/aromatic N) is 3. The Hall–Kier alpha value is -0.550. The minimum Gasteiger partial charge on any atom is -0.355 e. The van der Waals surface area contributed by atoms with Crippen LogP contribution in [0, 0.1) is 0 Å². The predicted octanol–water partition coefficient (Wildman–Crippen LogP) is 3.79. The first-order valence-electron chi connectivity index (χ1n) is 8.45. The average molecular weight is 504 g/mol. The van der Waals surface area contributed by atoms with E-state index in [4.69, 9.17) is 0 Å². The van der Waals surface area contributed by atoms with Gasteiger partial charge in [0.2, 0.25) is 0 Å². The maximum absolute atomic E-state index is 12.9. The topological polar surface area (TPSA) is 30.9 Å². The quantitative estimate of drug-likeness (QED) is 0.385. The number of halogens is 4. The normalized spacial score (nSPS) is 18.4. The van der Waals surface area contributed by atoms with Crippen LogP contribution in [0.15, 0.2) is 22.5 Å². The molecule has 150 valence electrons. The summed E-state index contributed by atoms with van der Waals surface area (Å²) in [6, 6.07) is 2.76. The molecule has 1 fully saturated rings. The van der Waals surface area contributed by atoms with Gasteiger partial charge in [0.25, 0.3) is 0 Å². The lowest BCUT2D eigenvalue weighted by molar-refractivity contribution is -0.181. The van der Waals surface area contributed by atoms with Gasteiger partial charge in [-0.3, -0.25) is 9.89 Å². The molecule has 1 aliphatic heterocycles. The standard InChI is InChI=1S/C17H27F3N4S.HI/c1-13(17(18,19)20)23-7-9-24(10-8-23)15(21-4)22-12-16(2,3)14-6-5-11-25-14;/h5-6,11,13H,7-10,12H2,1-4H3,(H,21,22);1H. The fourth-order valence-corrected chi connectivity index (χ4v) is 3.76. The molecule has 2 heterocycles. The van der Waals surface area contributed by atoms with E-state index in [2.05, 4.69) is 35.6 Å². The summed E-state index contributed by atoms with van der Waals surface area (Å²) in [5.74, 6) is 0.754. The summed E-state index contributed by atoms with van der Waals surface area (Å²) >= 11 is 1.72. The van der Waals surface area contributed by atoms with E-state index in [1.807, 2.05) is 11.0 Å². The molecule has 0 bridgehead atoms. The molecule has 1 aromatic rings. The Kier molecular flexibility index (Phi) is 8.66. The SMILES string of the molecule is CN=C(NCC(C)(C)c1cccs1)N1CCN(C(C)C(F)(F)F)CC1.I. The fraction of sp³-hybridized carbons (Fsp3) is 0.706. The van der Waals surface area contributed by atoms with E-state index in [-0.39, 0.29) is 29.4 Å². The predicted molar refractivity (Wildman–Crippen MR) is 113 cm³/mol. The Morgan fingerprint density at radius 1 is 1.27 bits per heavy atom. The second-order valence-corrected chi connectivity index (χ2v) is 7.95. The number of aliphatic imine (C=N–C) groups is 1. The van der Waals surface area contributed by atoms with E-state index < -0.39 is 12.2 Å². The number of hydrogen-bond acceptors (Lipinski definition) is 3. The van der Waals surface area contributed by atoms with Crippen LogP contribution in [-0.4, -0.2) is 67.7 Å². The van der Waals surface area contributed by atoms with E-state index in [1.54, 1.807) is 18.4 Å². The Bertz CT molecular complexity index is 567. The molecule has 0 radical (unpaired) electrons. The Morgan fingerprint density at radius 2 is 1.88 bits per heavy atom. The van der Waals surface area contributed by atoms with Crippen molar-refractivity contribution >= 4 is 41.3 Å². The van der Waals surface area contributed by atoms with Gasteiger partial charge in [-0.05, 0) is 18.4 Å². The molecule has 1 unspecified atom stereocenters. The first kappa shape index (κ1) is 23.5. The van der Waals surface area contributed by atoms with Gasteiger partial charge in [0.15, 0.2) is 5.96 Å². The third-order valence-corrected chi connectivity index (χ3v) is 5.96. The number of guanidine groups is 1. The number of rotatable bonds is 4. The van der Waals surface area contributed by atoms with Crippen LogP contribution in [0.5, 0.6) is 0 Å². The fourth-order valence-electron chi connectivity index (χ4n) is 2.91. The molecule has 1 aliphatic rings. The molecule has 4 nitrogen and oxygen atoms in total. The van der Waals surface area contributed by atoms with Gasteiger partial charge in [0.05, 0.1) is 0 Å². The van der Waals surface area contributed by atoms with Crippen LogP contribution in [-0.2, 0) is 5.41 Å². The molecule has 1 atom stereocenters. The van der Waals surface area contributed by atoms with Crippen molar-refractivity contribution in [1.29, 1.82) is 0 Å². The van der Waals surface area contributed by atoms with Crippen molar-refractivity contribution in [2.45, 2.75) is 38.4 Å². The van der Waals surface area contributed by atoms with Crippen molar-refractivity contribution in [2.75, 3.05) is 39.8 Å². The van der Waals surface area contributed by atoms with Crippen molar-refractivity contribution in [3.63, 3.8) is 0 Å². The summed E-state index contributed by atoms with van der Waals surface area (Å²) in [6.07, 6.45) is -4.17. The highest BCUT2D eigenvalue weighted by Crippen LogP contribution is 2.27. The maximum Gasteiger partial charge on any atom is 0.403 e. The monoisotopic (exact) mass is 504 g/mol. The van der Waals surface area contributed by atoms with E-state index in [0.29, 0.717) is 26.2 Å². The minimum atomic E-state index is -4.17. The molecule has 0 aliphatic carbocycles. The summed E-state index contributed by atoms with van der Waals surface area (Å²) in [4.78, 5) is 9.12. The highest BCUT2D eigenvalue weighted by Gasteiger charge is 2.41. The van der Waals surface area contributed by atoms with Gasteiger partial charge in [-0.1, -0.05) is 19.9 Å². The lowest BCUT2D eigenvalue weighted by Crippen LogP contribution is -2.57. The van der Waals surface area contributed by atoms with Crippen molar-refractivity contribution < 1.29 is 13.2 Å². The number of alkyl halides is 3. The molecule has 0 spiro atoms. The largest absolute Gasteiger partial charge is 0.403 e. The van der Waals surface area contributed by atoms with Gasteiger partial charge in [0, 0.05) is 50.1 Å². The van der Waals surface area contributed by atoms with Crippen LogP contribution in [0.25, 0.3) is 0 Å². The smallest absolute Gasteiger partial charge is 0.355 e. The summed E-state index contributed by atoms with van der Waals surface area (Å²) in [6.45, 7) is 8.14. The van der Waals surface area contributed by atoms with Gasteiger partial charge in [-0.15, -0.1) is 35.3 Å². The number of nitrogens with one attached hydrogen (secondary N) is 1. The molecule has 26 heavy (non-hydrogen) atoms. The summed E-state index contributed by atoms with van der Waals surface area (Å²) < 4.78 is 38.6. The van der Waals surface area contributed by atoms with Gasteiger partial charge < -0.3 is 10.2 Å². The second-order valence-electron chi connectivity index (χ2n) is 7.00. The lowest BCUT2D eigenvalue weighted by atomic mass is 9.91. The molecule has 1 saturated heterocycles. The molecule has 0 amide bonds. The van der Waals surface area contributed by atoms with E-state index in [1.165, 1.54) is 16.7 Å². The minimum absolute atomic E-state index is 0. The average Bonchev–Trinajstić information content (AvgIpc) is 3.10. The maximum atomic E-state index is 12.9. The molecule has 0 aromatic carbocycles. The van der Waals surface area contributed by atoms with Gasteiger partial charge >= 0.3 is 6.18 Å². The van der Waals surface area contributed by atoms with Crippen LogP contribution in [0.1, 0.15) is 25.6 Å². The van der Waals surface area contributed by atoms with E-state index >= 15 is 0 Å². The van der Waals surface area contributed by atoms with Crippen LogP contribution >= 0.6 is 35.3 Å². The zero-order valence-corrected chi connectivity index (χ0v) is 18.8. The van der Waals surface area contributed by atoms with Crippen LogP contribution in [0.4, 0.5) is 13.2 Å². The molecular weight excluding hydrogens is 476 g/mol. The zero-order chi connectivity index (χ0) is 18.7. The van der Waals surface area contributed by atoms with Crippen LogP contribution < -0.4 is 5.32 Å². The summed E-state index contributed by atoms with van der Waals surface area (Å²) in [5.41, 5.74) is -0.0310. The summed E-state index contributed by atoms with van der Waals surface area (Å²) in [5, 5.41) is 5.45. The van der Waals surface area contributed by atoms with Crippen molar-refractivity contribution in [1.82, 2.24) is 15.1 Å². The van der Waals surface area contributed by atoms with Gasteiger partial charge in [0.1, 0.15) is 6.04 Å². The molecular formula is C17H28F3IN4S.